The van der Waals surface area contributed by atoms with E-state index in [0.717, 1.165) is 62.2 Å². The number of carbonyl (C=O) groups is 1. The van der Waals surface area contributed by atoms with Crippen molar-refractivity contribution in [1.82, 2.24) is 15.3 Å². The van der Waals surface area contributed by atoms with Crippen molar-refractivity contribution >= 4 is 29.3 Å². The van der Waals surface area contributed by atoms with Crippen molar-refractivity contribution in [2.24, 2.45) is 5.92 Å². The maximum Gasteiger partial charge on any atom is 0.225 e. The lowest BCUT2D eigenvalue weighted by molar-refractivity contribution is -0.125. The van der Waals surface area contributed by atoms with Crippen molar-refractivity contribution in [3.8, 4) is 0 Å². The Morgan fingerprint density at radius 1 is 1.17 bits per heavy atom. The summed E-state index contributed by atoms with van der Waals surface area (Å²) in [6, 6.07) is 0. The first-order valence-corrected chi connectivity index (χ1v) is 9.61. The monoisotopic (exact) mass is 335 g/mol. The molecule has 7 heteroatoms. The van der Waals surface area contributed by atoms with Gasteiger partial charge in [0.2, 0.25) is 11.9 Å². The molecule has 2 fully saturated rings. The number of carbonyl (C=O) groups excluding carboxylic acids is 1. The van der Waals surface area contributed by atoms with E-state index in [9.17, 15) is 4.79 Å². The van der Waals surface area contributed by atoms with Gasteiger partial charge in [0, 0.05) is 50.1 Å². The Hall–Kier alpha value is -1.50. The molecule has 1 N–H and O–H groups in total. The molecule has 0 saturated carbocycles. The first kappa shape index (κ1) is 16.4. The molecule has 0 aliphatic carbocycles. The average Bonchev–Trinajstić information content (AvgIpc) is 2.63. The lowest BCUT2D eigenvalue weighted by Crippen LogP contribution is -2.40. The normalized spacial score (nSPS) is 19.7. The van der Waals surface area contributed by atoms with Gasteiger partial charge in [0.15, 0.2) is 0 Å². The fraction of sp³-hybridized carbons (Fsp3) is 0.688. The molecule has 0 aromatic carbocycles. The van der Waals surface area contributed by atoms with Crippen LogP contribution in [0.15, 0.2) is 12.4 Å². The minimum atomic E-state index is 0.150. The summed E-state index contributed by atoms with van der Waals surface area (Å²) < 4.78 is 0. The quantitative estimate of drug-likeness (QED) is 0.897. The molecule has 2 saturated heterocycles. The first-order valence-electron chi connectivity index (χ1n) is 8.45. The van der Waals surface area contributed by atoms with E-state index in [1.807, 2.05) is 31.1 Å². The Balaban J connectivity index is 1.55. The third-order valence-corrected chi connectivity index (χ3v) is 5.44. The second-order valence-corrected chi connectivity index (χ2v) is 7.22. The van der Waals surface area contributed by atoms with Crippen LogP contribution in [0.1, 0.15) is 19.8 Å². The van der Waals surface area contributed by atoms with Gasteiger partial charge in [0.05, 0.1) is 18.1 Å². The molecule has 0 spiro atoms. The summed E-state index contributed by atoms with van der Waals surface area (Å²) in [6.07, 6.45) is 5.65. The van der Waals surface area contributed by atoms with Gasteiger partial charge in [-0.1, -0.05) is 0 Å². The number of hydrogen-bond acceptors (Lipinski definition) is 6. The Morgan fingerprint density at radius 3 is 2.43 bits per heavy atom. The Bertz CT molecular complexity index is 510. The smallest absolute Gasteiger partial charge is 0.225 e. The summed E-state index contributed by atoms with van der Waals surface area (Å²) in [5, 5.41) is 2.92. The zero-order valence-electron chi connectivity index (χ0n) is 13.7. The zero-order chi connectivity index (χ0) is 16.1. The average molecular weight is 335 g/mol. The second-order valence-electron chi connectivity index (χ2n) is 6.00. The number of hydrogen-bond donors (Lipinski definition) is 1. The summed E-state index contributed by atoms with van der Waals surface area (Å²) in [7, 11) is 0. The van der Waals surface area contributed by atoms with E-state index < -0.39 is 0 Å². The predicted molar refractivity (Wildman–Crippen MR) is 95.2 cm³/mol. The summed E-state index contributed by atoms with van der Waals surface area (Å²) in [5.74, 6) is 3.49. The van der Waals surface area contributed by atoms with E-state index in [2.05, 4.69) is 25.1 Å². The molecule has 1 aromatic rings. The van der Waals surface area contributed by atoms with Crippen LogP contribution >= 0.6 is 11.8 Å². The number of rotatable bonds is 4. The number of aromatic nitrogens is 2. The van der Waals surface area contributed by atoms with Crippen molar-refractivity contribution in [2.45, 2.75) is 19.8 Å². The maximum atomic E-state index is 11.9. The maximum absolute atomic E-state index is 11.9. The number of anilines is 2. The Kier molecular flexibility index (Phi) is 5.59. The molecular formula is C16H25N5OS. The van der Waals surface area contributed by atoms with Gasteiger partial charge in [0.1, 0.15) is 0 Å². The highest BCUT2D eigenvalue weighted by molar-refractivity contribution is 7.99. The third kappa shape index (κ3) is 4.07. The van der Waals surface area contributed by atoms with E-state index in [1.165, 1.54) is 0 Å². The molecule has 126 valence electrons. The minimum absolute atomic E-state index is 0.150. The van der Waals surface area contributed by atoms with Crippen LogP contribution in [0.5, 0.6) is 0 Å². The van der Waals surface area contributed by atoms with Crippen molar-refractivity contribution in [3.05, 3.63) is 12.4 Å². The Labute approximate surface area is 142 Å². The second kappa shape index (κ2) is 7.86. The van der Waals surface area contributed by atoms with Crippen LogP contribution in [0.3, 0.4) is 0 Å². The number of piperidine rings is 1. The van der Waals surface area contributed by atoms with Gasteiger partial charge in [-0.3, -0.25) is 4.79 Å². The summed E-state index contributed by atoms with van der Waals surface area (Å²) in [6.45, 7) is 6.52. The van der Waals surface area contributed by atoms with Crippen LogP contribution in [0, 0.1) is 5.92 Å². The Morgan fingerprint density at radius 2 is 1.83 bits per heavy atom. The van der Waals surface area contributed by atoms with E-state index >= 15 is 0 Å². The topological polar surface area (TPSA) is 61.4 Å². The van der Waals surface area contributed by atoms with Gasteiger partial charge >= 0.3 is 0 Å². The molecular weight excluding hydrogens is 310 g/mol. The van der Waals surface area contributed by atoms with Crippen LogP contribution < -0.4 is 15.1 Å². The van der Waals surface area contributed by atoms with Crippen LogP contribution in [0.2, 0.25) is 0 Å². The van der Waals surface area contributed by atoms with E-state index in [0.29, 0.717) is 6.54 Å². The van der Waals surface area contributed by atoms with Crippen molar-refractivity contribution in [1.29, 1.82) is 0 Å². The molecule has 2 aliphatic heterocycles. The highest BCUT2D eigenvalue weighted by Gasteiger charge is 2.25. The van der Waals surface area contributed by atoms with Gasteiger partial charge in [-0.2, -0.15) is 11.8 Å². The van der Waals surface area contributed by atoms with Crippen LogP contribution in [0.4, 0.5) is 11.6 Å². The standard InChI is InChI=1S/C16H25N5OS/c1-2-17-15(22)13-3-5-20(6-4-13)14-11-18-16(19-12-14)21-7-9-23-10-8-21/h11-13H,2-10H2,1H3,(H,17,22). The number of amides is 1. The molecule has 1 aromatic heterocycles. The molecule has 0 radical (unpaired) electrons. The molecule has 23 heavy (non-hydrogen) atoms. The highest BCUT2D eigenvalue weighted by Crippen LogP contribution is 2.23. The molecule has 3 heterocycles. The number of nitrogens with one attached hydrogen (secondary N) is 1. The van der Waals surface area contributed by atoms with Crippen LogP contribution in [0.25, 0.3) is 0 Å². The zero-order valence-corrected chi connectivity index (χ0v) is 14.5. The van der Waals surface area contributed by atoms with E-state index in [1.54, 1.807) is 0 Å². The van der Waals surface area contributed by atoms with Gasteiger partial charge in [-0.05, 0) is 19.8 Å². The van der Waals surface area contributed by atoms with E-state index in [-0.39, 0.29) is 11.8 Å². The number of nitrogens with zero attached hydrogens (tertiary/aromatic N) is 4. The largest absolute Gasteiger partial charge is 0.369 e. The van der Waals surface area contributed by atoms with Gasteiger partial charge in [-0.25, -0.2) is 9.97 Å². The summed E-state index contributed by atoms with van der Waals surface area (Å²) >= 11 is 1.99. The summed E-state index contributed by atoms with van der Waals surface area (Å²) in [5.41, 5.74) is 1.06. The van der Waals surface area contributed by atoms with Gasteiger partial charge in [0.25, 0.3) is 0 Å². The van der Waals surface area contributed by atoms with E-state index in [4.69, 9.17) is 0 Å². The van der Waals surface area contributed by atoms with Crippen molar-refractivity contribution < 1.29 is 4.79 Å². The highest BCUT2D eigenvalue weighted by atomic mass is 32.2. The lowest BCUT2D eigenvalue weighted by atomic mass is 9.96. The molecule has 3 rings (SSSR count). The lowest BCUT2D eigenvalue weighted by Gasteiger charge is -2.33. The van der Waals surface area contributed by atoms with Crippen molar-refractivity contribution in [2.75, 3.05) is 54.0 Å². The SMILES string of the molecule is CCNC(=O)C1CCN(c2cnc(N3CCSCC3)nc2)CC1. The fourth-order valence-electron chi connectivity index (χ4n) is 3.12. The van der Waals surface area contributed by atoms with Crippen LogP contribution in [-0.4, -0.2) is 60.1 Å². The molecule has 0 unspecified atom stereocenters. The van der Waals surface area contributed by atoms with Gasteiger partial charge in [-0.15, -0.1) is 0 Å². The fourth-order valence-corrected chi connectivity index (χ4v) is 4.03. The third-order valence-electron chi connectivity index (χ3n) is 4.50. The minimum Gasteiger partial charge on any atom is -0.369 e. The van der Waals surface area contributed by atoms with Crippen molar-refractivity contribution in [3.63, 3.8) is 0 Å². The molecule has 1 amide bonds. The van der Waals surface area contributed by atoms with Crippen LogP contribution in [-0.2, 0) is 4.79 Å². The first-order chi connectivity index (χ1) is 11.3. The molecule has 2 aliphatic rings. The molecule has 0 bridgehead atoms. The predicted octanol–water partition coefficient (Wildman–Crippen LogP) is 1.38. The number of thioether (sulfide) groups is 1. The molecule has 0 atom stereocenters. The summed E-state index contributed by atoms with van der Waals surface area (Å²) in [4.78, 5) is 25.5. The van der Waals surface area contributed by atoms with Gasteiger partial charge < -0.3 is 15.1 Å². The molecule has 6 nitrogen and oxygen atoms in total.